The second kappa shape index (κ2) is 10.5. The van der Waals surface area contributed by atoms with Gasteiger partial charge in [0.2, 0.25) is 0 Å². The lowest BCUT2D eigenvalue weighted by Gasteiger charge is -2.43. The van der Waals surface area contributed by atoms with Gasteiger partial charge in [-0.25, -0.2) is 0 Å². The molecule has 2 aliphatic carbocycles. The Kier molecular flexibility index (Phi) is 8.05. The molecule has 2 saturated carbocycles. The molecule has 2 bridgehead atoms. The van der Waals surface area contributed by atoms with Gasteiger partial charge in [0.1, 0.15) is 11.6 Å². The van der Waals surface area contributed by atoms with Crippen molar-refractivity contribution in [2.24, 2.45) is 28.6 Å². The molecule has 5 rings (SSSR count). The molecule has 1 aromatic carbocycles. The smallest absolute Gasteiger partial charge is 0.265 e. The molecule has 9 heteroatoms. The normalized spacial score (nSPS) is 29.9. The number of nitrogens with zero attached hydrogens (tertiary/aromatic N) is 1. The predicted octanol–water partition coefficient (Wildman–Crippen LogP) is 4.51. The van der Waals surface area contributed by atoms with Crippen LogP contribution >= 0.6 is 0 Å². The van der Waals surface area contributed by atoms with Crippen molar-refractivity contribution in [1.29, 1.82) is 0 Å². The molecule has 8 nitrogen and oxygen atoms in total. The van der Waals surface area contributed by atoms with E-state index < -0.39 is 21.3 Å². The van der Waals surface area contributed by atoms with Crippen LogP contribution in [0.2, 0.25) is 0 Å². The molecule has 2 unspecified atom stereocenters. The van der Waals surface area contributed by atoms with Gasteiger partial charge in [0.25, 0.3) is 10.1 Å². The summed E-state index contributed by atoms with van der Waals surface area (Å²) >= 11 is 0. The fraction of sp³-hybridized carbons (Fsp3) is 0.724. The van der Waals surface area contributed by atoms with Gasteiger partial charge in [-0.1, -0.05) is 27.7 Å². The van der Waals surface area contributed by atoms with Crippen molar-refractivity contribution in [2.45, 2.75) is 72.3 Å². The van der Waals surface area contributed by atoms with Gasteiger partial charge in [0.05, 0.1) is 25.4 Å². The van der Waals surface area contributed by atoms with Gasteiger partial charge in [-0.2, -0.15) is 8.42 Å². The second-order valence-corrected chi connectivity index (χ2v) is 14.0. The fourth-order valence-corrected chi connectivity index (χ4v) is 8.77. The average molecular weight is 550 g/mol. The zero-order chi connectivity index (χ0) is 28.0. The highest BCUT2D eigenvalue weighted by atomic mass is 32.2. The Morgan fingerprint density at radius 1 is 1.11 bits per heavy atom. The number of benzene rings is 1. The van der Waals surface area contributed by atoms with E-state index in [2.05, 4.69) is 30.9 Å². The molecule has 0 radical (unpaired) electrons. The van der Waals surface area contributed by atoms with Crippen LogP contribution < -0.4 is 9.47 Å². The van der Waals surface area contributed by atoms with E-state index in [9.17, 15) is 18.0 Å². The van der Waals surface area contributed by atoms with Gasteiger partial charge in [0.15, 0.2) is 11.5 Å². The molecule has 0 aromatic heterocycles. The van der Waals surface area contributed by atoms with Crippen LogP contribution in [-0.2, 0) is 26.1 Å². The first kappa shape index (κ1) is 29.0. The van der Waals surface area contributed by atoms with Crippen LogP contribution in [0.4, 0.5) is 0 Å². The fourth-order valence-electron chi connectivity index (χ4n) is 7.47. The van der Waals surface area contributed by atoms with E-state index in [0.29, 0.717) is 31.0 Å². The van der Waals surface area contributed by atoms with Gasteiger partial charge in [-0.05, 0) is 66.2 Å². The Bertz CT molecular complexity index is 1190. The zero-order valence-electron chi connectivity index (χ0n) is 23.6. The average Bonchev–Trinajstić information content (AvgIpc) is 3.17. The van der Waals surface area contributed by atoms with Gasteiger partial charge in [-0.3, -0.25) is 19.0 Å². The first-order chi connectivity index (χ1) is 17.7. The highest BCUT2D eigenvalue weighted by Gasteiger charge is 2.65. The van der Waals surface area contributed by atoms with Crippen molar-refractivity contribution in [3.63, 3.8) is 0 Å². The van der Waals surface area contributed by atoms with Crippen LogP contribution in [-0.4, -0.2) is 62.5 Å². The highest BCUT2D eigenvalue weighted by Crippen LogP contribution is 2.64. The number of methoxy groups -OCH3 is 2. The summed E-state index contributed by atoms with van der Waals surface area (Å²) < 4.78 is 41.8. The molecule has 4 aliphatic rings. The van der Waals surface area contributed by atoms with Crippen molar-refractivity contribution in [3.8, 4) is 11.5 Å². The Morgan fingerprint density at radius 2 is 1.76 bits per heavy atom. The summed E-state index contributed by atoms with van der Waals surface area (Å²) in [6.45, 7) is 10.2. The standard InChI is InChI=1S/C19H27NO3.C10H16O4S/c1-12(2)7-14-11-20-6-5-13-8-18(22-3)19(23-4)9-15(13)16(20)10-17(14)21;1-9(2)7-3-4-10(9,8(11)5-7)6-15(12,13)14/h8-9,12,14,16H,5-7,10-11H2,1-4H3;7H,3-6H2,1-2H3,(H,12,13,14)/t14-,16-;/m0./s1. The monoisotopic (exact) mass is 549 g/mol. The number of hydrogen-bond acceptors (Lipinski definition) is 7. The number of ketones is 2. The Labute approximate surface area is 227 Å². The maximum atomic E-state index is 12.6. The highest BCUT2D eigenvalue weighted by molar-refractivity contribution is 7.85. The number of carbonyl (C=O) groups is 2. The number of rotatable bonds is 6. The minimum atomic E-state index is -4.08. The summed E-state index contributed by atoms with van der Waals surface area (Å²) in [7, 11) is -0.747. The van der Waals surface area contributed by atoms with E-state index in [0.717, 1.165) is 43.9 Å². The van der Waals surface area contributed by atoms with Gasteiger partial charge >= 0.3 is 0 Å². The molecule has 2 heterocycles. The van der Waals surface area contributed by atoms with E-state index in [1.165, 1.54) is 11.1 Å². The van der Waals surface area contributed by atoms with Crippen LogP contribution in [0.25, 0.3) is 0 Å². The van der Waals surface area contributed by atoms with Crippen molar-refractivity contribution in [3.05, 3.63) is 23.3 Å². The van der Waals surface area contributed by atoms with Crippen LogP contribution in [0.3, 0.4) is 0 Å². The molecular weight excluding hydrogens is 506 g/mol. The number of Topliss-reactive ketones (excluding diaryl/α,β-unsaturated/α-hetero) is 2. The molecule has 1 saturated heterocycles. The van der Waals surface area contributed by atoms with Crippen molar-refractivity contribution < 1.29 is 32.0 Å². The number of ether oxygens (including phenoxy) is 2. The van der Waals surface area contributed by atoms with Crippen LogP contribution in [0.5, 0.6) is 11.5 Å². The molecule has 38 heavy (non-hydrogen) atoms. The van der Waals surface area contributed by atoms with Gasteiger partial charge < -0.3 is 9.47 Å². The number of hydrogen-bond donors (Lipinski definition) is 1. The molecule has 0 spiro atoms. The van der Waals surface area contributed by atoms with Gasteiger partial charge in [0, 0.05) is 37.9 Å². The van der Waals surface area contributed by atoms with Crippen LogP contribution in [0.15, 0.2) is 12.1 Å². The predicted molar refractivity (Wildman–Crippen MR) is 145 cm³/mol. The number of carbonyl (C=O) groups excluding carboxylic acids is 2. The Hall–Kier alpha value is -1.97. The van der Waals surface area contributed by atoms with E-state index >= 15 is 0 Å². The molecular formula is C29H43NO7S. The lowest BCUT2D eigenvalue weighted by atomic mass is 9.70. The maximum Gasteiger partial charge on any atom is 0.265 e. The Morgan fingerprint density at radius 3 is 2.29 bits per heavy atom. The molecule has 0 amide bonds. The third-order valence-corrected chi connectivity index (χ3v) is 10.6. The number of piperidine rings is 1. The topological polar surface area (TPSA) is 110 Å². The SMILES string of the molecule is CC1(C)C2CCC1(CS(=O)(=O)O)C(=O)C2.COc1cc2c(cc1OC)[C@@H]1CC(=O)[C@@H](CC(C)C)CN1CC2. The first-order valence-electron chi connectivity index (χ1n) is 13.7. The molecule has 2 aliphatic heterocycles. The van der Waals surface area contributed by atoms with Crippen LogP contribution in [0.1, 0.15) is 77.0 Å². The van der Waals surface area contributed by atoms with E-state index in [1.807, 2.05) is 13.8 Å². The molecule has 1 aromatic rings. The summed E-state index contributed by atoms with van der Waals surface area (Å²) in [5, 5.41) is 0. The summed E-state index contributed by atoms with van der Waals surface area (Å²) in [5.41, 5.74) is 1.41. The van der Waals surface area contributed by atoms with E-state index in [4.69, 9.17) is 14.0 Å². The second-order valence-electron chi connectivity index (χ2n) is 12.6. The maximum absolute atomic E-state index is 12.6. The Balaban J connectivity index is 0.000000194. The molecule has 1 N–H and O–H groups in total. The third-order valence-electron chi connectivity index (χ3n) is 9.74. The largest absolute Gasteiger partial charge is 0.493 e. The molecule has 212 valence electrons. The summed E-state index contributed by atoms with van der Waals surface area (Å²) in [6, 6.07) is 4.35. The van der Waals surface area contributed by atoms with E-state index in [-0.39, 0.29) is 29.1 Å². The summed E-state index contributed by atoms with van der Waals surface area (Å²) in [5.74, 6) is 2.62. The van der Waals surface area contributed by atoms with Crippen molar-refractivity contribution >= 4 is 21.7 Å². The number of fused-ring (bicyclic) bond motifs is 5. The first-order valence-corrected chi connectivity index (χ1v) is 15.3. The van der Waals surface area contributed by atoms with Crippen molar-refractivity contribution in [2.75, 3.05) is 33.1 Å². The van der Waals surface area contributed by atoms with E-state index in [1.54, 1.807) is 14.2 Å². The van der Waals surface area contributed by atoms with Crippen molar-refractivity contribution in [1.82, 2.24) is 4.90 Å². The molecule has 4 atom stereocenters. The molecule has 3 fully saturated rings. The third kappa shape index (κ3) is 5.26. The summed E-state index contributed by atoms with van der Waals surface area (Å²) in [4.78, 5) is 27.0. The minimum Gasteiger partial charge on any atom is -0.493 e. The van der Waals surface area contributed by atoms with Crippen LogP contribution in [0, 0.1) is 28.6 Å². The summed E-state index contributed by atoms with van der Waals surface area (Å²) in [6.07, 6.45) is 4.61. The quantitative estimate of drug-likeness (QED) is 0.516. The lowest BCUT2D eigenvalue weighted by Crippen LogP contribution is -2.46. The van der Waals surface area contributed by atoms with Gasteiger partial charge in [-0.15, -0.1) is 0 Å². The minimum absolute atomic E-state index is 0.0152. The zero-order valence-corrected chi connectivity index (χ0v) is 24.4. The lowest BCUT2D eigenvalue weighted by molar-refractivity contribution is -0.129.